The Morgan fingerprint density at radius 1 is 1.75 bits per heavy atom. The Hall–Kier alpha value is 0.860. The molecule has 0 aliphatic carbocycles. The van der Waals surface area contributed by atoms with Crippen molar-refractivity contribution in [2.24, 2.45) is 0 Å². The molecule has 0 aliphatic rings. The fraction of sp³-hybridized carbons (Fsp3) is 1.00. The third-order valence-corrected chi connectivity index (χ3v) is 3.28. The molecule has 1 unspecified atom stereocenters. The zero-order chi connectivity index (χ0) is 5.91. The van der Waals surface area contributed by atoms with Crippen molar-refractivity contribution in [3.8, 4) is 0 Å². The van der Waals surface area contributed by atoms with E-state index in [4.69, 9.17) is 4.89 Å². The molecule has 0 aromatic heterocycles. The number of rotatable bonds is 2. The Morgan fingerprint density at radius 2 is 2.12 bits per heavy atom. The summed E-state index contributed by atoms with van der Waals surface area (Å²) < 4.78 is 4.57. The highest BCUT2D eigenvalue weighted by Gasteiger charge is 2.04. The van der Waals surface area contributed by atoms with Crippen LogP contribution in [0.3, 0.4) is 0 Å². The summed E-state index contributed by atoms with van der Waals surface area (Å²) in [6.07, 6.45) is 0.554. The Kier molecular flexibility index (Phi) is 6.85. The van der Waals surface area contributed by atoms with Gasteiger partial charge < -0.3 is 9.42 Å². The van der Waals surface area contributed by atoms with Crippen LogP contribution in [0.15, 0.2) is 0 Å². The minimum Gasteiger partial charge on any atom is -0.345 e. The maximum Gasteiger partial charge on any atom is 0.185 e. The fourth-order valence-electron chi connectivity index (χ4n) is 0.129. The van der Waals surface area contributed by atoms with Gasteiger partial charge in [-0.25, -0.2) is 0 Å². The Balaban J connectivity index is 0. The van der Waals surface area contributed by atoms with Gasteiger partial charge in [-0.2, -0.15) is 0 Å². The van der Waals surface area contributed by atoms with Crippen LogP contribution in [0.25, 0.3) is 0 Å². The molecule has 5 heteroatoms. The molecule has 0 saturated heterocycles. The van der Waals surface area contributed by atoms with Crippen LogP contribution in [0.2, 0.25) is 0 Å². The summed E-state index contributed by atoms with van der Waals surface area (Å²) in [4.78, 5) is 8.84. The van der Waals surface area contributed by atoms with E-state index in [9.17, 15) is 0 Å². The van der Waals surface area contributed by atoms with Gasteiger partial charge in [-0.3, -0.25) is 0 Å². The van der Waals surface area contributed by atoms with Crippen molar-refractivity contribution in [1.29, 1.82) is 0 Å². The Labute approximate surface area is 60.8 Å². The Bertz CT molecular complexity index is 89.3. The molecule has 0 aromatic rings. The van der Waals surface area contributed by atoms with Crippen LogP contribution in [0.5, 0.6) is 0 Å². The van der Waals surface area contributed by atoms with Crippen molar-refractivity contribution in [1.82, 2.24) is 0 Å². The van der Waals surface area contributed by atoms with E-state index in [-0.39, 0.29) is 12.4 Å². The van der Waals surface area contributed by atoms with Gasteiger partial charge in [0, 0.05) is 13.3 Å². The summed E-state index contributed by atoms with van der Waals surface area (Å²) in [5.74, 6) is 0. The molecule has 1 atom stereocenters. The molecule has 0 spiro atoms. The standard InChI is InChI=1S/C3H9O2PS.ClH/c1-3-6(4,7)5-2;/h3H2,1-2H3,(H,4,7);1H. The first-order valence-corrected chi connectivity index (χ1v) is 4.85. The van der Waals surface area contributed by atoms with E-state index in [1.807, 2.05) is 6.92 Å². The van der Waals surface area contributed by atoms with Crippen molar-refractivity contribution in [3.63, 3.8) is 0 Å². The van der Waals surface area contributed by atoms with Crippen LogP contribution >= 0.6 is 18.9 Å². The van der Waals surface area contributed by atoms with E-state index >= 15 is 0 Å². The van der Waals surface area contributed by atoms with E-state index in [2.05, 4.69) is 16.3 Å². The van der Waals surface area contributed by atoms with Gasteiger partial charge in [-0.1, -0.05) is 6.92 Å². The third kappa shape index (κ3) is 5.01. The van der Waals surface area contributed by atoms with Crippen molar-refractivity contribution < 1.29 is 9.42 Å². The molecular formula is C3H10ClO2PS. The van der Waals surface area contributed by atoms with Crippen LogP contribution in [0, 0.1) is 0 Å². The molecule has 0 aromatic carbocycles. The lowest BCUT2D eigenvalue weighted by molar-refractivity contribution is 0.388. The average Bonchev–Trinajstić information content (AvgIpc) is 1.68. The van der Waals surface area contributed by atoms with Crippen molar-refractivity contribution in [3.05, 3.63) is 0 Å². The van der Waals surface area contributed by atoms with Gasteiger partial charge in [-0.05, 0) is 11.8 Å². The van der Waals surface area contributed by atoms with Gasteiger partial charge in [-0.15, -0.1) is 12.4 Å². The highest BCUT2D eigenvalue weighted by molar-refractivity contribution is 8.09. The first-order chi connectivity index (χ1) is 3.12. The summed E-state index contributed by atoms with van der Waals surface area (Å²) in [7, 11) is 1.43. The molecule has 0 heterocycles. The van der Waals surface area contributed by atoms with Crippen LogP contribution in [0.1, 0.15) is 6.92 Å². The number of hydrogen-bond donors (Lipinski definition) is 1. The average molecular weight is 177 g/mol. The molecular weight excluding hydrogens is 167 g/mol. The van der Waals surface area contributed by atoms with Crippen LogP contribution in [-0.2, 0) is 16.3 Å². The molecule has 2 nitrogen and oxygen atoms in total. The Morgan fingerprint density at radius 3 is 2.12 bits per heavy atom. The predicted molar refractivity (Wildman–Crippen MR) is 41.3 cm³/mol. The van der Waals surface area contributed by atoms with Crippen LogP contribution in [0.4, 0.5) is 0 Å². The highest BCUT2D eigenvalue weighted by atomic mass is 35.5. The van der Waals surface area contributed by atoms with E-state index in [0.29, 0.717) is 6.16 Å². The monoisotopic (exact) mass is 176 g/mol. The van der Waals surface area contributed by atoms with Gasteiger partial charge in [0.15, 0.2) is 6.49 Å². The third-order valence-electron chi connectivity index (χ3n) is 0.685. The normalized spacial score (nSPS) is 16.4. The van der Waals surface area contributed by atoms with Gasteiger partial charge in [0.2, 0.25) is 0 Å². The molecule has 0 radical (unpaired) electrons. The van der Waals surface area contributed by atoms with E-state index in [0.717, 1.165) is 0 Å². The lowest BCUT2D eigenvalue weighted by atomic mass is 11.0. The van der Waals surface area contributed by atoms with E-state index in [1.165, 1.54) is 7.11 Å². The van der Waals surface area contributed by atoms with Gasteiger partial charge >= 0.3 is 0 Å². The van der Waals surface area contributed by atoms with Crippen LogP contribution in [-0.4, -0.2) is 18.2 Å². The van der Waals surface area contributed by atoms with Gasteiger partial charge in [0.1, 0.15) is 0 Å². The maximum absolute atomic E-state index is 8.84. The lowest BCUT2D eigenvalue weighted by Gasteiger charge is -2.06. The van der Waals surface area contributed by atoms with E-state index < -0.39 is 6.49 Å². The lowest BCUT2D eigenvalue weighted by Crippen LogP contribution is -1.83. The van der Waals surface area contributed by atoms with Gasteiger partial charge in [0.05, 0.1) is 0 Å². The summed E-state index contributed by atoms with van der Waals surface area (Å²) >= 11 is 4.59. The molecule has 52 valence electrons. The van der Waals surface area contributed by atoms with Crippen molar-refractivity contribution in [2.45, 2.75) is 6.92 Å². The second kappa shape index (κ2) is 4.71. The van der Waals surface area contributed by atoms with Crippen molar-refractivity contribution in [2.75, 3.05) is 13.3 Å². The van der Waals surface area contributed by atoms with E-state index in [1.54, 1.807) is 0 Å². The summed E-state index contributed by atoms with van der Waals surface area (Å²) in [5, 5.41) is 0. The quantitative estimate of drug-likeness (QED) is 0.645. The highest BCUT2D eigenvalue weighted by Crippen LogP contribution is 2.39. The second-order valence-corrected chi connectivity index (χ2v) is 5.12. The maximum atomic E-state index is 8.84. The second-order valence-electron chi connectivity index (χ2n) is 1.14. The zero-order valence-electron chi connectivity index (χ0n) is 4.83. The smallest absolute Gasteiger partial charge is 0.185 e. The molecule has 0 saturated carbocycles. The first-order valence-electron chi connectivity index (χ1n) is 2.00. The molecule has 0 aliphatic heterocycles. The molecule has 0 fully saturated rings. The zero-order valence-corrected chi connectivity index (χ0v) is 7.35. The van der Waals surface area contributed by atoms with Gasteiger partial charge in [0.25, 0.3) is 0 Å². The summed E-state index contributed by atoms with van der Waals surface area (Å²) in [6, 6.07) is 0. The predicted octanol–water partition coefficient (Wildman–Crippen LogP) is 1.38. The number of hydrogen-bond acceptors (Lipinski definition) is 2. The summed E-state index contributed by atoms with van der Waals surface area (Å²) in [5.41, 5.74) is 0. The minimum atomic E-state index is -2.32. The molecule has 0 rings (SSSR count). The largest absolute Gasteiger partial charge is 0.345 e. The minimum absolute atomic E-state index is 0. The molecule has 1 N–H and O–H groups in total. The topological polar surface area (TPSA) is 29.5 Å². The fourth-order valence-corrected chi connectivity index (χ4v) is 0.387. The molecule has 8 heavy (non-hydrogen) atoms. The van der Waals surface area contributed by atoms with Crippen molar-refractivity contribution >= 4 is 30.7 Å². The molecule has 0 amide bonds. The number of halogens is 1. The molecule has 0 bridgehead atoms. The SMILES string of the molecule is CCP(O)(=S)OC.Cl. The summed E-state index contributed by atoms with van der Waals surface area (Å²) in [6.45, 7) is -0.511. The van der Waals surface area contributed by atoms with Crippen LogP contribution < -0.4 is 0 Å². The first kappa shape index (κ1) is 11.6.